The van der Waals surface area contributed by atoms with E-state index in [0.717, 1.165) is 4.31 Å². The molecular weight excluding hydrogens is 371 g/mol. The van der Waals surface area contributed by atoms with Gasteiger partial charge >= 0.3 is 0 Å². The molecule has 128 valence electrons. The minimum Gasteiger partial charge on any atom is -0.321 e. The normalized spacial score (nSPS) is 11.6. The summed E-state index contributed by atoms with van der Waals surface area (Å²) in [6.07, 6.45) is 0. The third kappa shape index (κ3) is 3.89. The molecule has 0 unspecified atom stereocenters. The molecule has 0 aliphatic heterocycles. The van der Waals surface area contributed by atoms with Crippen molar-refractivity contribution in [3.8, 4) is 0 Å². The van der Waals surface area contributed by atoms with Crippen molar-refractivity contribution in [1.82, 2.24) is 4.31 Å². The Morgan fingerprint density at radius 2 is 1.75 bits per heavy atom. The number of benzene rings is 2. The van der Waals surface area contributed by atoms with Crippen molar-refractivity contribution in [2.45, 2.75) is 11.8 Å². The number of halogens is 2. The van der Waals surface area contributed by atoms with E-state index in [4.69, 9.17) is 23.2 Å². The Morgan fingerprint density at radius 3 is 2.33 bits per heavy atom. The highest BCUT2D eigenvalue weighted by molar-refractivity contribution is 7.89. The Morgan fingerprint density at radius 1 is 1.08 bits per heavy atom. The molecule has 0 bridgehead atoms. The molecule has 5 nitrogen and oxygen atoms in total. The van der Waals surface area contributed by atoms with Gasteiger partial charge in [0, 0.05) is 24.7 Å². The number of amides is 1. The second-order valence-corrected chi connectivity index (χ2v) is 8.31. The van der Waals surface area contributed by atoms with Crippen molar-refractivity contribution in [2.24, 2.45) is 0 Å². The average Bonchev–Trinajstić information content (AvgIpc) is 2.50. The van der Waals surface area contributed by atoms with Crippen LogP contribution in [0.2, 0.25) is 10.0 Å². The zero-order chi connectivity index (χ0) is 18.1. The Kier molecular flexibility index (Phi) is 5.55. The van der Waals surface area contributed by atoms with Crippen LogP contribution >= 0.6 is 23.2 Å². The van der Waals surface area contributed by atoms with E-state index in [1.54, 1.807) is 31.2 Å². The Balaban J connectivity index is 2.37. The number of nitrogens with zero attached hydrogens (tertiary/aromatic N) is 1. The molecule has 0 spiro atoms. The fraction of sp³-hybridized carbons (Fsp3) is 0.188. The van der Waals surface area contributed by atoms with Gasteiger partial charge in [-0.05, 0) is 42.8 Å². The van der Waals surface area contributed by atoms with Crippen LogP contribution in [0, 0.1) is 6.92 Å². The number of anilines is 1. The Bertz CT molecular complexity index is 896. The molecule has 0 aliphatic rings. The zero-order valence-corrected chi connectivity index (χ0v) is 15.6. The molecule has 0 radical (unpaired) electrons. The van der Waals surface area contributed by atoms with E-state index < -0.39 is 15.9 Å². The Hall–Kier alpha value is -1.60. The van der Waals surface area contributed by atoms with Gasteiger partial charge in [-0.15, -0.1) is 0 Å². The number of aryl methyl sites for hydroxylation is 1. The lowest BCUT2D eigenvalue weighted by molar-refractivity contribution is 0.102. The van der Waals surface area contributed by atoms with Gasteiger partial charge in [0.1, 0.15) is 0 Å². The smallest absolute Gasteiger partial charge is 0.255 e. The molecule has 0 atom stereocenters. The summed E-state index contributed by atoms with van der Waals surface area (Å²) in [4.78, 5) is 12.5. The standard InChI is InChI=1S/C16H16Cl2N2O3S/c1-10-4-5-11(8-15(10)24(22,23)20(2)3)16(21)19-14-7-6-12(17)9-13(14)18/h4-9H,1-3H3,(H,19,21). The van der Waals surface area contributed by atoms with E-state index >= 15 is 0 Å². The number of hydrogen-bond donors (Lipinski definition) is 1. The highest BCUT2D eigenvalue weighted by Gasteiger charge is 2.21. The maximum atomic E-state index is 12.4. The van der Waals surface area contributed by atoms with Gasteiger partial charge in [0.15, 0.2) is 0 Å². The molecule has 2 aromatic rings. The van der Waals surface area contributed by atoms with E-state index in [9.17, 15) is 13.2 Å². The first-order chi connectivity index (χ1) is 11.1. The van der Waals surface area contributed by atoms with E-state index in [0.29, 0.717) is 21.3 Å². The number of rotatable bonds is 4. The maximum Gasteiger partial charge on any atom is 0.255 e. The number of carbonyl (C=O) groups is 1. The van der Waals surface area contributed by atoms with Crippen LogP contribution in [0.25, 0.3) is 0 Å². The monoisotopic (exact) mass is 386 g/mol. The highest BCUT2D eigenvalue weighted by atomic mass is 35.5. The van der Waals surface area contributed by atoms with Crippen LogP contribution in [-0.4, -0.2) is 32.7 Å². The van der Waals surface area contributed by atoms with Gasteiger partial charge in [0.05, 0.1) is 15.6 Å². The average molecular weight is 387 g/mol. The summed E-state index contributed by atoms with van der Waals surface area (Å²) in [6, 6.07) is 9.19. The minimum absolute atomic E-state index is 0.0855. The van der Waals surface area contributed by atoms with Gasteiger partial charge in [-0.25, -0.2) is 12.7 Å². The Labute approximate surface area is 151 Å². The van der Waals surface area contributed by atoms with Crippen LogP contribution < -0.4 is 5.32 Å². The summed E-state index contributed by atoms with van der Waals surface area (Å²) in [7, 11) is -0.761. The summed E-state index contributed by atoms with van der Waals surface area (Å²) in [5.74, 6) is -0.463. The highest BCUT2D eigenvalue weighted by Crippen LogP contribution is 2.26. The minimum atomic E-state index is -3.64. The maximum absolute atomic E-state index is 12.4. The molecule has 0 saturated heterocycles. The first-order valence-corrected chi connectivity index (χ1v) is 9.12. The van der Waals surface area contributed by atoms with Gasteiger partial charge < -0.3 is 5.32 Å². The molecule has 0 aromatic heterocycles. The lowest BCUT2D eigenvalue weighted by Crippen LogP contribution is -2.23. The van der Waals surface area contributed by atoms with Gasteiger partial charge in [-0.3, -0.25) is 4.79 Å². The number of carbonyl (C=O) groups excluding carboxylic acids is 1. The summed E-state index contributed by atoms with van der Waals surface area (Å²) in [6.45, 7) is 1.67. The quantitative estimate of drug-likeness (QED) is 0.868. The van der Waals surface area contributed by atoms with Crippen LogP contribution in [0.4, 0.5) is 5.69 Å². The predicted molar refractivity (Wildman–Crippen MR) is 96.5 cm³/mol. The second-order valence-electron chi connectivity index (χ2n) is 5.35. The van der Waals surface area contributed by atoms with E-state index in [1.165, 1.54) is 26.2 Å². The molecule has 0 saturated carbocycles. The third-order valence-corrected chi connectivity index (χ3v) is 5.89. The van der Waals surface area contributed by atoms with Crippen molar-refractivity contribution in [2.75, 3.05) is 19.4 Å². The van der Waals surface area contributed by atoms with Crippen LogP contribution in [0.3, 0.4) is 0 Å². The van der Waals surface area contributed by atoms with Crippen molar-refractivity contribution in [1.29, 1.82) is 0 Å². The summed E-state index contributed by atoms with van der Waals surface area (Å²) < 4.78 is 25.8. The van der Waals surface area contributed by atoms with Crippen molar-refractivity contribution < 1.29 is 13.2 Å². The fourth-order valence-electron chi connectivity index (χ4n) is 2.00. The summed E-state index contributed by atoms with van der Waals surface area (Å²) in [5.41, 5.74) is 1.17. The fourth-order valence-corrected chi connectivity index (χ4v) is 3.60. The molecule has 0 fully saturated rings. The van der Waals surface area contributed by atoms with E-state index in [2.05, 4.69) is 5.32 Å². The molecule has 1 N–H and O–H groups in total. The number of sulfonamides is 1. The summed E-state index contributed by atoms with van der Waals surface area (Å²) >= 11 is 11.9. The van der Waals surface area contributed by atoms with Gasteiger partial charge in [-0.2, -0.15) is 0 Å². The molecule has 0 heterocycles. The van der Waals surface area contributed by atoms with Crippen LogP contribution in [0.1, 0.15) is 15.9 Å². The van der Waals surface area contributed by atoms with Crippen LogP contribution in [0.15, 0.2) is 41.3 Å². The molecule has 2 aromatic carbocycles. The lowest BCUT2D eigenvalue weighted by atomic mass is 10.1. The number of nitrogens with one attached hydrogen (secondary N) is 1. The van der Waals surface area contributed by atoms with Crippen LogP contribution in [0.5, 0.6) is 0 Å². The third-order valence-electron chi connectivity index (χ3n) is 3.39. The molecule has 8 heteroatoms. The first-order valence-electron chi connectivity index (χ1n) is 6.92. The zero-order valence-electron chi connectivity index (χ0n) is 13.3. The van der Waals surface area contributed by atoms with Crippen LogP contribution in [-0.2, 0) is 10.0 Å². The van der Waals surface area contributed by atoms with Gasteiger partial charge in [0.2, 0.25) is 10.0 Å². The van der Waals surface area contributed by atoms with Crippen molar-refractivity contribution >= 4 is 44.8 Å². The van der Waals surface area contributed by atoms with Crippen molar-refractivity contribution in [3.63, 3.8) is 0 Å². The second kappa shape index (κ2) is 7.11. The lowest BCUT2D eigenvalue weighted by Gasteiger charge is -2.15. The largest absolute Gasteiger partial charge is 0.321 e. The molecular formula is C16H16Cl2N2O3S. The molecule has 24 heavy (non-hydrogen) atoms. The summed E-state index contributed by atoms with van der Waals surface area (Å²) in [5, 5.41) is 3.39. The first kappa shape index (κ1) is 18.7. The van der Waals surface area contributed by atoms with Crippen molar-refractivity contribution in [3.05, 3.63) is 57.6 Å². The number of hydrogen-bond acceptors (Lipinski definition) is 3. The topological polar surface area (TPSA) is 66.5 Å². The molecule has 2 rings (SSSR count). The van der Waals surface area contributed by atoms with E-state index in [-0.39, 0.29) is 10.5 Å². The predicted octanol–water partition coefficient (Wildman–Crippen LogP) is 3.80. The van der Waals surface area contributed by atoms with Gasteiger partial charge in [-0.1, -0.05) is 29.3 Å². The van der Waals surface area contributed by atoms with E-state index in [1.807, 2.05) is 0 Å². The molecule has 1 amide bonds. The van der Waals surface area contributed by atoms with Gasteiger partial charge in [0.25, 0.3) is 5.91 Å². The molecule has 0 aliphatic carbocycles. The SMILES string of the molecule is Cc1ccc(C(=O)Nc2ccc(Cl)cc2Cl)cc1S(=O)(=O)N(C)C.